The van der Waals surface area contributed by atoms with Crippen molar-refractivity contribution in [3.8, 4) is 0 Å². The lowest BCUT2D eigenvalue weighted by Gasteiger charge is -2.21. The van der Waals surface area contributed by atoms with Crippen molar-refractivity contribution in [1.29, 1.82) is 0 Å². The topological polar surface area (TPSA) is 86.7 Å². The number of benzene rings is 1. The van der Waals surface area contributed by atoms with Crippen LogP contribution in [0.5, 0.6) is 0 Å². The van der Waals surface area contributed by atoms with Gasteiger partial charge in [-0.05, 0) is 30.5 Å². The van der Waals surface area contributed by atoms with E-state index in [1.807, 2.05) is 0 Å². The number of amides is 2. The number of nitrogens with one attached hydrogen (secondary N) is 1. The molecule has 1 saturated heterocycles. The third kappa shape index (κ3) is 4.03. The van der Waals surface area contributed by atoms with Crippen molar-refractivity contribution >= 4 is 17.8 Å². The lowest BCUT2D eigenvalue weighted by Crippen LogP contribution is -2.45. The van der Waals surface area contributed by atoms with E-state index in [9.17, 15) is 18.8 Å². The fourth-order valence-corrected chi connectivity index (χ4v) is 2.45. The predicted octanol–water partition coefficient (Wildman–Crippen LogP) is 0.560. The molecule has 0 saturated carbocycles. The standard InChI is InChI=1S/C15H17FN2O4/c16-11-5-3-10(4-6-11)8-13(19)17-9-14(20)18-7-1-2-12(18)15(21)22/h3-6,12H,1-2,7-9H2,(H,17,19)(H,21,22)/t12-/m0/s1. The average molecular weight is 308 g/mol. The van der Waals surface area contributed by atoms with Gasteiger partial charge in [-0.1, -0.05) is 12.1 Å². The number of carbonyl (C=O) groups is 3. The number of nitrogens with zero attached hydrogens (tertiary/aromatic N) is 1. The molecule has 1 aliphatic rings. The number of hydrogen-bond donors (Lipinski definition) is 2. The summed E-state index contributed by atoms with van der Waals surface area (Å²) in [4.78, 5) is 36.0. The van der Waals surface area contributed by atoms with Crippen molar-refractivity contribution in [2.24, 2.45) is 0 Å². The highest BCUT2D eigenvalue weighted by molar-refractivity contribution is 5.88. The molecular formula is C15H17FN2O4. The Bertz CT molecular complexity index is 573. The second-order valence-electron chi connectivity index (χ2n) is 5.16. The van der Waals surface area contributed by atoms with Crippen molar-refractivity contribution < 1.29 is 23.9 Å². The maximum absolute atomic E-state index is 12.8. The summed E-state index contributed by atoms with van der Waals surface area (Å²) in [6, 6.07) is 4.71. The SMILES string of the molecule is O=C(Cc1ccc(F)cc1)NCC(=O)N1CCC[C@H]1C(=O)O. The van der Waals surface area contributed by atoms with Gasteiger partial charge in [-0.2, -0.15) is 0 Å². The molecule has 1 aliphatic heterocycles. The fraction of sp³-hybridized carbons (Fsp3) is 0.400. The molecule has 1 heterocycles. The molecule has 118 valence electrons. The Labute approximate surface area is 126 Å². The van der Waals surface area contributed by atoms with E-state index in [-0.39, 0.29) is 24.7 Å². The Kier molecular flexibility index (Phi) is 5.08. The molecule has 0 spiro atoms. The largest absolute Gasteiger partial charge is 0.480 e. The summed E-state index contributed by atoms with van der Waals surface area (Å²) in [5.74, 6) is -2.18. The van der Waals surface area contributed by atoms with Crippen LogP contribution in [0.4, 0.5) is 4.39 Å². The first-order valence-corrected chi connectivity index (χ1v) is 7.01. The van der Waals surface area contributed by atoms with E-state index in [4.69, 9.17) is 5.11 Å². The van der Waals surface area contributed by atoms with Gasteiger partial charge in [0.25, 0.3) is 0 Å². The van der Waals surface area contributed by atoms with Gasteiger partial charge in [0.15, 0.2) is 0 Å². The molecule has 0 bridgehead atoms. The Hall–Kier alpha value is -2.44. The molecule has 0 unspecified atom stereocenters. The second-order valence-corrected chi connectivity index (χ2v) is 5.16. The lowest BCUT2D eigenvalue weighted by atomic mass is 10.1. The molecule has 1 aromatic carbocycles. The van der Waals surface area contributed by atoms with Crippen molar-refractivity contribution in [3.63, 3.8) is 0 Å². The molecule has 7 heteroatoms. The fourth-order valence-electron chi connectivity index (χ4n) is 2.45. The smallest absolute Gasteiger partial charge is 0.326 e. The molecule has 1 fully saturated rings. The van der Waals surface area contributed by atoms with E-state index in [0.717, 1.165) is 0 Å². The molecule has 1 aromatic rings. The molecular weight excluding hydrogens is 291 g/mol. The van der Waals surface area contributed by atoms with Gasteiger partial charge in [-0.15, -0.1) is 0 Å². The molecule has 6 nitrogen and oxygen atoms in total. The second kappa shape index (κ2) is 7.02. The number of hydrogen-bond acceptors (Lipinski definition) is 3. The zero-order valence-corrected chi connectivity index (χ0v) is 11.9. The van der Waals surface area contributed by atoms with Crippen molar-refractivity contribution in [2.45, 2.75) is 25.3 Å². The zero-order valence-electron chi connectivity index (χ0n) is 11.9. The van der Waals surface area contributed by atoms with Gasteiger partial charge in [-0.25, -0.2) is 9.18 Å². The van der Waals surface area contributed by atoms with Crippen molar-refractivity contribution in [1.82, 2.24) is 10.2 Å². The monoisotopic (exact) mass is 308 g/mol. The van der Waals surface area contributed by atoms with Crippen LogP contribution in [0.1, 0.15) is 18.4 Å². The van der Waals surface area contributed by atoms with E-state index < -0.39 is 17.9 Å². The van der Waals surface area contributed by atoms with E-state index in [1.54, 1.807) is 0 Å². The van der Waals surface area contributed by atoms with Crippen LogP contribution in [0.25, 0.3) is 0 Å². The summed E-state index contributed by atoms with van der Waals surface area (Å²) in [6.07, 6.45) is 1.12. The number of halogens is 1. The van der Waals surface area contributed by atoms with E-state index in [2.05, 4.69) is 5.32 Å². The molecule has 22 heavy (non-hydrogen) atoms. The van der Waals surface area contributed by atoms with Crippen LogP contribution >= 0.6 is 0 Å². The van der Waals surface area contributed by atoms with Gasteiger partial charge < -0.3 is 15.3 Å². The Morgan fingerprint density at radius 2 is 1.95 bits per heavy atom. The van der Waals surface area contributed by atoms with Crippen LogP contribution in [0, 0.1) is 5.82 Å². The first-order valence-electron chi connectivity index (χ1n) is 7.01. The molecule has 2 N–H and O–H groups in total. The van der Waals surface area contributed by atoms with Gasteiger partial charge in [0.1, 0.15) is 11.9 Å². The highest BCUT2D eigenvalue weighted by atomic mass is 19.1. The quantitative estimate of drug-likeness (QED) is 0.832. The van der Waals surface area contributed by atoms with Crippen LogP contribution in [0.15, 0.2) is 24.3 Å². The average Bonchev–Trinajstić information content (AvgIpc) is 2.97. The van der Waals surface area contributed by atoms with Crippen molar-refractivity contribution in [3.05, 3.63) is 35.6 Å². The van der Waals surface area contributed by atoms with E-state index >= 15 is 0 Å². The highest BCUT2D eigenvalue weighted by Crippen LogP contribution is 2.17. The van der Waals surface area contributed by atoms with Gasteiger partial charge in [0, 0.05) is 6.54 Å². The van der Waals surface area contributed by atoms with E-state index in [0.29, 0.717) is 24.9 Å². The highest BCUT2D eigenvalue weighted by Gasteiger charge is 2.33. The minimum atomic E-state index is -1.02. The first-order chi connectivity index (χ1) is 10.5. The summed E-state index contributed by atoms with van der Waals surface area (Å²) >= 11 is 0. The predicted molar refractivity (Wildman–Crippen MR) is 75.5 cm³/mol. The summed E-state index contributed by atoms with van der Waals surface area (Å²) in [7, 11) is 0. The van der Waals surface area contributed by atoms with Crippen LogP contribution in [-0.4, -0.2) is 46.9 Å². The minimum absolute atomic E-state index is 0.0376. The Morgan fingerprint density at radius 3 is 2.59 bits per heavy atom. The van der Waals surface area contributed by atoms with Crippen LogP contribution in [0.2, 0.25) is 0 Å². The van der Waals surface area contributed by atoms with Gasteiger partial charge in [0.2, 0.25) is 11.8 Å². The number of carboxylic acids is 1. The van der Waals surface area contributed by atoms with E-state index in [1.165, 1.54) is 29.2 Å². The molecule has 0 aliphatic carbocycles. The number of carbonyl (C=O) groups excluding carboxylic acids is 2. The van der Waals surface area contributed by atoms with Crippen LogP contribution < -0.4 is 5.32 Å². The number of aliphatic carboxylic acids is 1. The number of likely N-dealkylation sites (tertiary alicyclic amines) is 1. The first kappa shape index (κ1) is 15.9. The third-order valence-electron chi connectivity index (χ3n) is 3.57. The maximum Gasteiger partial charge on any atom is 0.326 e. The van der Waals surface area contributed by atoms with Gasteiger partial charge in [-0.3, -0.25) is 9.59 Å². The summed E-state index contributed by atoms with van der Waals surface area (Å²) in [5.41, 5.74) is 0.635. The Morgan fingerprint density at radius 1 is 1.27 bits per heavy atom. The third-order valence-corrected chi connectivity index (χ3v) is 3.57. The lowest BCUT2D eigenvalue weighted by molar-refractivity contribution is -0.148. The summed E-state index contributed by atoms with van der Waals surface area (Å²) < 4.78 is 12.8. The van der Waals surface area contributed by atoms with Crippen molar-refractivity contribution in [2.75, 3.05) is 13.1 Å². The molecule has 1 atom stereocenters. The minimum Gasteiger partial charge on any atom is -0.480 e. The summed E-state index contributed by atoms with van der Waals surface area (Å²) in [5, 5.41) is 11.5. The zero-order chi connectivity index (χ0) is 16.1. The van der Waals surface area contributed by atoms with Crippen LogP contribution in [-0.2, 0) is 20.8 Å². The molecule has 0 aromatic heterocycles. The normalized spacial score (nSPS) is 17.3. The summed E-state index contributed by atoms with van der Waals surface area (Å²) in [6.45, 7) is 0.160. The van der Waals surface area contributed by atoms with Crippen LogP contribution in [0.3, 0.4) is 0 Å². The molecule has 2 rings (SSSR count). The van der Waals surface area contributed by atoms with Gasteiger partial charge in [0.05, 0.1) is 13.0 Å². The number of rotatable bonds is 5. The molecule has 2 amide bonds. The van der Waals surface area contributed by atoms with Gasteiger partial charge >= 0.3 is 5.97 Å². The maximum atomic E-state index is 12.8. The molecule has 0 radical (unpaired) electrons. The number of carboxylic acid groups (broad SMARTS) is 1. The Balaban J connectivity index is 1.81.